The number of rotatable bonds is 5. The van der Waals surface area contributed by atoms with E-state index in [1.807, 2.05) is 0 Å². The first-order valence-electron chi connectivity index (χ1n) is 6.22. The molecule has 0 atom stereocenters. The molecule has 102 valence electrons. The van der Waals surface area contributed by atoms with Crippen molar-refractivity contribution in [2.24, 2.45) is 5.92 Å². The van der Waals surface area contributed by atoms with Gasteiger partial charge in [0.15, 0.2) is 5.82 Å². The van der Waals surface area contributed by atoms with E-state index in [1.54, 1.807) is 0 Å². The minimum Gasteiger partial charge on any atom is -0.337 e. The summed E-state index contributed by atoms with van der Waals surface area (Å²) in [7, 11) is 0. The minimum atomic E-state index is -0.473. The molecule has 19 heavy (non-hydrogen) atoms. The molecule has 2 rings (SSSR count). The molecule has 2 aromatic rings. The van der Waals surface area contributed by atoms with E-state index in [1.165, 1.54) is 10.6 Å². The highest BCUT2D eigenvalue weighted by Crippen LogP contribution is 2.07. The monoisotopic (exact) mass is 265 g/mol. The zero-order valence-corrected chi connectivity index (χ0v) is 11.0. The lowest BCUT2D eigenvalue weighted by Crippen LogP contribution is -2.19. The maximum Gasteiger partial charge on any atom is 0.251 e. The number of pyridine rings is 1. The van der Waals surface area contributed by atoms with Crippen LogP contribution < -0.4 is 5.56 Å². The van der Waals surface area contributed by atoms with Gasteiger partial charge in [0.1, 0.15) is 12.4 Å². The predicted molar refractivity (Wildman–Crippen MR) is 67.2 cm³/mol. The van der Waals surface area contributed by atoms with E-state index < -0.39 is 5.82 Å². The fourth-order valence-electron chi connectivity index (χ4n) is 1.65. The summed E-state index contributed by atoms with van der Waals surface area (Å²) >= 11 is 0. The van der Waals surface area contributed by atoms with Gasteiger partial charge in [-0.3, -0.25) is 4.79 Å². The first-order valence-corrected chi connectivity index (χ1v) is 6.22. The quantitative estimate of drug-likeness (QED) is 0.829. The van der Waals surface area contributed by atoms with Crippen molar-refractivity contribution in [1.82, 2.24) is 14.7 Å². The van der Waals surface area contributed by atoms with Crippen molar-refractivity contribution in [3.8, 4) is 0 Å². The fourth-order valence-corrected chi connectivity index (χ4v) is 1.65. The molecule has 0 amide bonds. The Morgan fingerprint density at radius 2 is 2.21 bits per heavy atom. The summed E-state index contributed by atoms with van der Waals surface area (Å²) in [6.07, 6.45) is 2.83. The maximum absolute atomic E-state index is 13.0. The predicted octanol–water partition coefficient (Wildman–Crippen LogP) is 2.01. The van der Waals surface area contributed by atoms with Crippen LogP contribution in [0, 0.1) is 11.7 Å². The molecule has 5 nitrogen and oxygen atoms in total. The van der Waals surface area contributed by atoms with Gasteiger partial charge < -0.3 is 9.09 Å². The standard InChI is InChI=1S/C13H16FN3O2/c1-9(2)3-5-11-15-12(19-16-11)8-17-7-10(14)4-6-13(17)18/h4,6-7,9H,3,5,8H2,1-2H3. The van der Waals surface area contributed by atoms with Crippen molar-refractivity contribution >= 4 is 0 Å². The van der Waals surface area contributed by atoms with E-state index in [4.69, 9.17) is 4.52 Å². The number of halogens is 1. The SMILES string of the molecule is CC(C)CCc1noc(Cn2cc(F)ccc2=O)n1. The smallest absolute Gasteiger partial charge is 0.251 e. The third kappa shape index (κ3) is 3.74. The summed E-state index contributed by atoms with van der Waals surface area (Å²) in [5.74, 6) is 1.02. The molecular formula is C13H16FN3O2. The van der Waals surface area contributed by atoms with Crippen molar-refractivity contribution in [1.29, 1.82) is 0 Å². The average molecular weight is 265 g/mol. The van der Waals surface area contributed by atoms with Gasteiger partial charge in [-0.05, 0) is 18.4 Å². The number of aryl methyl sites for hydroxylation is 1. The van der Waals surface area contributed by atoms with Gasteiger partial charge in [0.2, 0.25) is 5.89 Å². The normalized spacial score (nSPS) is 11.2. The molecule has 0 aliphatic carbocycles. The Bertz CT molecular complexity index is 604. The minimum absolute atomic E-state index is 0.0886. The van der Waals surface area contributed by atoms with Crippen LogP contribution in [0.1, 0.15) is 32.0 Å². The Labute approximate surface area is 110 Å². The van der Waals surface area contributed by atoms with Crippen LogP contribution in [0.3, 0.4) is 0 Å². The van der Waals surface area contributed by atoms with Gasteiger partial charge in [-0.2, -0.15) is 4.98 Å². The van der Waals surface area contributed by atoms with Gasteiger partial charge in [-0.25, -0.2) is 4.39 Å². The molecule has 0 aliphatic heterocycles. The first-order chi connectivity index (χ1) is 9.04. The van der Waals surface area contributed by atoms with Crippen LogP contribution in [0.2, 0.25) is 0 Å². The summed E-state index contributed by atoms with van der Waals surface area (Å²) in [6, 6.07) is 2.30. The van der Waals surface area contributed by atoms with Gasteiger partial charge in [-0.1, -0.05) is 19.0 Å². The third-order valence-electron chi connectivity index (χ3n) is 2.71. The van der Waals surface area contributed by atoms with Gasteiger partial charge in [0.05, 0.1) is 0 Å². The second-order valence-corrected chi connectivity index (χ2v) is 4.85. The number of aromatic nitrogens is 3. The molecule has 0 saturated heterocycles. The highest BCUT2D eigenvalue weighted by Gasteiger charge is 2.09. The zero-order valence-electron chi connectivity index (χ0n) is 11.0. The lowest BCUT2D eigenvalue weighted by molar-refractivity contribution is 0.362. The van der Waals surface area contributed by atoms with Crippen molar-refractivity contribution in [2.75, 3.05) is 0 Å². The van der Waals surface area contributed by atoms with Crippen molar-refractivity contribution in [3.63, 3.8) is 0 Å². The summed E-state index contributed by atoms with van der Waals surface area (Å²) in [5, 5.41) is 3.84. The third-order valence-corrected chi connectivity index (χ3v) is 2.71. The summed E-state index contributed by atoms with van der Waals surface area (Å²) in [4.78, 5) is 15.7. The largest absolute Gasteiger partial charge is 0.337 e. The first kappa shape index (κ1) is 13.5. The second kappa shape index (κ2) is 5.77. The Hall–Kier alpha value is -1.98. The van der Waals surface area contributed by atoms with E-state index in [0.717, 1.165) is 25.1 Å². The van der Waals surface area contributed by atoms with Crippen LogP contribution in [0.25, 0.3) is 0 Å². The Morgan fingerprint density at radius 3 is 2.95 bits per heavy atom. The Morgan fingerprint density at radius 1 is 1.42 bits per heavy atom. The Kier molecular flexibility index (Phi) is 4.09. The van der Waals surface area contributed by atoms with Crippen LogP contribution in [-0.4, -0.2) is 14.7 Å². The van der Waals surface area contributed by atoms with Crippen molar-refractivity contribution in [3.05, 3.63) is 46.2 Å². The van der Waals surface area contributed by atoms with Crippen LogP contribution in [0.4, 0.5) is 4.39 Å². The molecule has 0 saturated carbocycles. The van der Waals surface area contributed by atoms with Crippen LogP contribution in [0.5, 0.6) is 0 Å². The highest BCUT2D eigenvalue weighted by molar-refractivity contribution is 4.98. The van der Waals surface area contributed by atoms with Crippen LogP contribution >= 0.6 is 0 Å². The fraction of sp³-hybridized carbons (Fsp3) is 0.462. The summed E-state index contributed by atoms with van der Waals surface area (Å²) in [6.45, 7) is 4.33. The van der Waals surface area contributed by atoms with E-state index >= 15 is 0 Å². The average Bonchev–Trinajstić information content (AvgIpc) is 2.79. The van der Waals surface area contributed by atoms with E-state index in [-0.39, 0.29) is 12.1 Å². The van der Waals surface area contributed by atoms with Gasteiger partial charge in [0.25, 0.3) is 5.56 Å². The van der Waals surface area contributed by atoms with Crippen LogP contribution in [0.15, 0.2) is 27.6 Å². The van der Waals surface area contributed by atoms with Crippen molar-refractivity contribution < 1.29 is 8.91 Å². The lowest BCUT2D eigenvalue weighted by atomic mass is 10.1. The maximum atomic E-state index is 13.0. The molecule has 0 aliphatic rings. The molecule has 2 heterocycles. The van der Waals surface area contributed by atoms with Crippen molar-refractivity contribution in [2.45, 2.75) is 33.2 Å². The number of hydrogen-bond acceptors (Lipinski definition) is 4. The number of nitrogens with zero attached hydrogens (tertiary/aromatic N) is 3. The lowest BCUT2D eigenvalue weighted by Gasteiger charge is -2.00. The molecule has 2 aromatic heterocycles. The topological polar surface area (TPSA) is 60.9 Å². The molecule has 0 aromatic carbocycles. The van der Waals surface area contributed by atoms with Gasteiger partial charge in [-0.15, -0.1) is 0 Å². The highest BCUT2D eigenvalue weighted by atomic mass is 19.1. The van der Waals surface area contributed by atoms with Crippen LogP contribution in [-0.2, 0) is 13.0 Å². The van der Waals surface area contributed by atoms with E-state index in [2.05, 4.69) is 24.0 Å². The second-order valence-electron chi connectivity index (χ2n) is 4.85. The van der Waals surface area contributed by atoms with E-state index in [9.17, 15) is 9.18 Å². The molecule has 0 bridgehead atoms. The zero-order chi connectivity index (χ0) is 13.8. The molecule has 0 unspecified atom stereocenters. The van der Waals surface area contributed by atoms with Gasteiger partial charge in [0, 0.05) is 18.7 Å². The molecule has 0 spiro atoms. The molecule has 0 fully saturated rings. The summed E-state index contributed by atoms with van der Waals surface area (Å²) in [5.41, 5.74) is -0.302. The molecule has 6 heteroatoms. The summed E-state index contributed by atoms with van der Waals surface area (Å²) < 4.78 is 19.3. The molecular weight excluding hydrogens is 249 g/mol. The Balaban J connectivity index is 2.07. The van der Waals surface area contributed by atoms with E-state index in [0.29, 0.717) is 17.6 Å². The molecule has 0 N–H and O–H groups in total. The van der Waals surface area contributed by atoms with Gasteiger partial charge >= 0.3 is 0 Å². The molecule has 0 radical (unpaired) electrons. The number of hydrogen-bond donors (Lipinski definition) is 0.